The van der Waals surface area contributed by atoms with Crippen molar-refractivity contribution in [1.82, 2.24) is 9.62 Å². The van der Waals surface area contributed by atoms with Crippen LogP contribution in [0.1, 0.15) is 23.2 Å². The Labute approximate surface area is 142 Å². The second kappa shape index (κ2) is 6.07. The molecule has 2 aromatic rings. The van der Waals surface area contributed by atoms with Crippen LogP contribution < -0.4 is 5.32 Å². The maximum atomic E-state index is 13.1. The quantitative estimate of drug-likeness (QED) is 0.901. The van der Waals surface area contributed by atoms with Gasteiger partial charge in [0.25, 0.3) is 0 Å². The summed E-state index contributed by atoms with van der Waals surface area (Å²) in [4.78, 5) is 12.2. The minimum absolute atomic E-state index is 0.111. The molecule has 0 bridgehead atoms. The van der Waals surface area contributed by atoms with Crippen LogP contribution in [0.25, 0.3) is 0 Å². The fourth-order valence-corrected chi connectivity index (χ4v) is 3.85. The number of urea groups is 1. The lowest BCUT2D eigenvalue weighted by atomic mass is 9.95. The zero-order chi connectivity index (χ0) is 18.2. The number of nitrogens with one attached hydrogen (secondary N) is 1. The molecule has 0 radical (unpaired) electrons. The van der Waals surface area contributed by atoms with Crippen molar-refractivity contribution in [2.24, 2.45) is 0 Å². The number of rotatable bonds is 3. The van der Waals surface area contributed by atoms with E-state index in [9.17, 15) is 26.4 Å². The van der Waals surface area contributed by atoms with Crippen LogP contribution in [0.2, 0.25) is 0 Å². The van der Waals surface area contributed by atoms with Crippen molar-refractivity contribution < 1.29 is 26.4 Å². The van der Waals surface area contributed by atoms with Crippen molar-refractivity contribution in [3.8, 4) is 0 Å². The van der Waals surface area contributed by atoms with Gasteiger partial charge in [0.15, 0.2) is 0 Å². The van der Waals surface area contributed by atoms with E-state index in [2.05, 4.69) is 5.32 Å². The van der Waals surface area contributed by atoms with E-state index in [4.69, 9.17) is 0 Å². The Kier molecular flexibility index (Phi) is 4.19. The lowest BCUT2D eigenvalue weighted by Crippen LogP contribution is -2.43. The number of alkyl halides is 3. The molecule has 2 atom stereocenters. The Morgan fingerprint density at radius 3 is 1.84 bits per heavy atom. The van der Waals surface area contributed by atoms with Gasteiger partial charge in [-0.2, -0.15) is 21.6 Å². The first-order chi connectivity index (χ1) is 11.7. The molecular formula is C16H13F3N2O3S. The molecule has 0 unspecified atom stereocenters. The average Bonchev–Trinajstić information content (AvgIpc) is 2.93. The molecule has 25 heavy (non-hydrogen) atoms. The molecular weight excluding hydrogens is 357 g/mol. The Hall–Kier alpha value is -2.55. The third-order valence-corrected chi connectivity index (χ3v) is 5.39. The molecule has 0 spiro atoms. The Bertz CT molecular complexity index is 871. The third kappa shape index (κ3) is 2.95. The van der Waals surface area contributed by atoms with E-state index < -0.39 is 33.6 Å². The normalized spacial score (nSPS) is 21.2. The fourth-order valence-electron chi connectivity index (χ4n) is 2.81. The van der Waals surface area contributed by atoms with Gasteiger partial charge >= 0.3 is 21.6 Å². The number of benzene rings is 2. The first kappa shape index (κ1) is 17.3. The molecule has 0 aliphatic carbocycles. The van der Waals surface area contributed by atoms with Crippen LogP contribution in [-0.4, -0.2) is 24.3 Å². The second-order valence-electron chi connectivity index (χ2n) is 5.44. The Balaban J connectivity index is 2.16. The van der Waals surface area contributed by atoms with Gasteiger partial charge in [-0.25, -0.2) is 9.10 Å². The predicted molar refractivity (Wildman–Crippen MR) is 83.7 cm³/mol. The van der Waals surface area contributed by atoms with Crippen LogP contribution in [0.5, 0.6) is 0 Å². The standard InChI is InChI=1S/C16H13F3N2O3S/c17-16(18,19)25(23,24)21-14(12-9-5-2-6-10-12)13(20-15(21)22)11-7-3-1-4-8-11/h1-10,13-14H,(H,20,22)/t13-,14-/m1/s1. The zero-order valence-corrected chi connectivity index (χ0v) is 13.5. The van der Waals surface area contributed by atoms with E-state index in [0.717, 1.165) is 0 Å². The molecule has 1 aliphatic heterocycles. The van der Waals surface area contributed by atoms with Gasteiger partial charge in [0.05, 0.1) is 12.1 Å². The highest BCUT2D eigenvalue weighted by atomic mass is 32.2. The maximum Gasteiger partial charge on any atom is 0.516 e. The molecule has 3 rings (SSSR count). The van der Waals surface area contributed by atoms with E-state index in [-0.39, 0.29) is 9.87 Å². The first-order valence-electron chi connectivity index (χ1n) is 7.24. The first-order valence-corrected chi connectivity index (χ1v) is 8.68. The summed E-state index contributed by atoms with van der Waals surface area (Å²) in [7, 11) is -5.84. The van der Waals surface area contributed by atoms with Crippen molar-refractivity contribution >= 4 is 16.1 Å². The van der Waals surface area contributed by atoms with Gasteiger partial charge in [0, 0.05) is 0 Å². The summed E-state index contributed by atoms with van der Waals surface area (Å²) in [5.41, 5.74) is -4.80. The molecule has 0 saturated carbocycles. The Morgan fingerprint density at radius 2 is 1.36 bits per heavy atom. The SMILES string of the molecule is O=C1N[C@H](c2ccccc2)[C@@H](c2ccccc2)N1S(=O)(=O)C(F)(F)F. The molecule has 1 fully saturated rings. The van der Waals surface area contributed by atoms with E-state index in [0.29, 0.717) is 5.56 Å². The molecule has 1 heterocycles. The minimum atomic E-state index is -5.84. The molecule has 9 heteroatoms. The zero-order valence-electron chi connectivity index (χ0n) is 12.6. The van der Waals surface area contributed by atoms with Crippen LogP contribution in [-0.2, 0) is 10.0 Å². The summed E-state index contributed by atoms with van der Waals surface area (Å²) in [6.07, 6.45) is 0. The lowest BCUT2D eigenvalue weighted by molar-refractivity contribution is -0.0483. The minimum Gasteiger partial charge on any atom is -0.328 e. The number of hydrogen-bond acceptors (Lipinski definition) is 3. The highest BCUT2D eigenvalue weighted by Crippen LogP contribution is 2.43. The van der Waals surface area contributed by atoms with Crippen LogP contribution in [0, 0.1) is 0 Å². The lowest BCUT2D eigenvalue weighted by Gasteiger charge is -2.27. The largest absolute Gasteiger partial charge is 0.516 e. The molecule has 5 nitrogen and oxygen atoms in total. The number of sulfonamides is 1. The third-order valence-electron chi connectivity index (χ3n) is 3.90. The number of halogens is 3. The van der Waals surface area contributed by atoms with Gasteiger partial charge in [0.1, 0.15) is 0 Å². The Morgan fingerprint density at radius 1 is 0.880 bits per heavy atom. The maximum absolute atomic E-state index is 13.1. The number of nitrogens with zero attached hydrogens (tertiary/aromatic N) is 1. The summed E-state index contributed by atoms with van der Waals surface area (Å²) in [6, 6.07) is 12.4. The summed E-state index contributed by atoms with van der Waals surface area (Å²) in [5, 5.41) is 2.35. The van der Waals surface area contributed by atoms with Crippen molar-refractivity contribution in [2.75, 3.05) is 0 Å². The van der Waals surface area contributed by atoms with Gasteiger partial charge in [0.2, 0.25) is 0 Å². The van der Waals surface area contributed by atoms with Crippen LogP contribution in [0.3, 0.4) is 0 Å². The summed E-state index contributed by atoms with van der Waals surface area (Å²) >= 11 is 0. The van der Waals surface area contributed by atoms with Crippen molar-refractivity contribution in [2.45, 2.75) is 17.6 Å². The molecule has 0 aromatic heterocycles. The van der Waals surface area contributed by atoms with Crippen molar-refractivity contribution in [3.05, 3.63) is 71.8 Å². The van der Waals surface area contributed by atoms with Gasteiger partial charge in [-0.05, 0) is 11.1 Å². The smallest absolute Gasteiger partial charge is 0.328 e. The number of carbonyl (C=O) groups is 1. The van der Waals surface area contributed by atoms with E-state index in [1.165, 1.54) is 12.1 Å². The van der Waals surface area contributed by atoms with E-state index >= 15 is 0 Å². The topological polar surface area (TPSA) is 66.5 Å². The van der Waals surface area contributed by atoms with Gasteiger partial charge < -0.3 is 5.32 Å². The van der Waals surface area contributed by atoms with Crippen molar-refractivity contribution in [3.63, 3.8) is 0 Å². The van der Waals surface area contributed by atoms with Gasteiger partial charge in [-0.3, -0.25) is 0 Å². The molecule has 2 aromatic carbocycles. The predicted octanol–water partition coefficient (Wildman–Crippen LogP) is 3.34. The summed E-state index contributed by atoms with van der Waals surface area (Å²) < 4.78 is 63.0. The molecule has 1 saturated heterocycles. The number of amides is 2. The highest BCUT2D eigenvalue weighted by molar-refractivity contribution is 7.90. The molecule has 132 valence electrons. The van der Waals surface area contributed by atoms with E-state index in [1.807, 2.05) is 0 Å². The monoisotopic (exact) mass is 370 g/mol. The number of hydrogen-bond donors (Lipinski definition) is 1. The molecule has 1 N–H and O–H groups in total. The van der Waals surface area contributed by atoms with Crippen molar-refractivity contribution in [1.29, 1.82) is 0 Å². The second-order valence-corrected chi connectivity index (χ2v) is 7.25. The fraction of sp³-hybridized carbons (Fsp3) is 0.188. The van der Waals surface area contributed by atoms with Crippen LogP contribution >= 0.6 is 0 Å². The molecule has 1 aliphatic rings. The van der Waals surface area contributed by atoms with E-state index in [1.54, 1.807) is 48.5 Å². The average molecular weight is 370 g/mol. The van der Waals surface area contributed by atoms with Crippen LogP contribution in [0.4, 0.5) is 18.0 Å². The highest BCUT2D eigenvalue weighted by Gasteiger charge is 2.58. The summed E-state index contributed by atoms with van der Waals surface area (Å²) in [5.74, 6) is 0. The van der Waals surface area contributed by atoms with Gasteiger partial charge in [-0.1, -0.05) is 60.7 Å². The summed E-state index contributed by atoms with van der Waals surface area (Å²) in [6.45, 7) is 0. The number of carbonyl (C=O) groups excluding carboxylic acids is 1. The van der Waals surface area contributed by atoms with Crippen LogP contribution in [0.15, 0.2) is 60.7 Å². The molecule has 2 amide bonds. The van der Waals surface area contributed by atoms with Gasteiger partial charge in [-0.15, -0.1) is 0 Å².